The molecule has 2 rings (SSSR count). The molecule has 1 heterocycles. The predicted molar refractivity (Wildman–Crippen MR) is 68.2 cm³/mol. The van der Waals surface area contributed by atoms with Crippen LogP contribution in [-0.4, -0.2) is 16.9 Å². The molecule has 2 nitrogen and oxygen atoms in total. The van der Waals surface area contributed by atoms with E-state index in [-0.39, 0.29) is 16.8 Å². The summed E-state index contributed by atoms with van der Waals surface area (Å²) in [4.78, 5) is 11.7. The Balaban J connectivity index is 2.05. The van der Waals surface area contributed by atoms with Crippen molar-refractivity contribution >= 4 is 39.3 Å². The van der Waals surface area contributed by atoms with Crippen molar-refractivity contribution in [2.24, 2.45) is 0 Å². The molecule has 0 bridgehead atoms. The van der Waals surface area contributed by atoms with E-state index in [4.69, 9.17) is 0 Å². The largest absolute Gasteiger partial charge is 0.323 e. The van der Waals surface area contributed by atoms with E-state index in [1.807, 2.05) is 0 Å². The monoisotopic (exact) mass is 303 g/mol. The van der Waals surface area contributed by atoms with Gasteiger partial charge in [0.25, 0.3) is 0 Å². The Morgan fingerprint density at radius 3 is 3.00 bits per heavy atom. The number of carbonyl (C=O) groups excluding carboxylic acids is 1. The van der Waals surface area contributed by atoms with Crippen molar-refractivity contribution < 1.29 is 9.18 Å². The number of amides is 1. The van der Waals surface area contributed by atoms with Crippen LogP contribution < -0.4 is 5.32 Å². The van der Waals surface area contributed by atoms with Crippen LogP contribution in [0.1, 0.15) is 12.8 Å². The first-order valence-corrected chi connectivity index (χ1v) is 6.88. The Hall–Kier alpha value is -0.550. The zero-order valence-electron chi connectivity index (χ0n) is 8.50. The van der Waals surface area contributed by atoms with Gasteiger partial charge in [0.2, 0.25) is 5.91 Å². The second-order valence-electron chi connectivity index (χ2n) is 3.62. The van der Waals surface area contributed by atoms with Crippen LogP contribution in [0.15, 0.2) is 22.7 Å². The van der Waals surface area contributed by atoms with Gasteiger partial charge in [0, 0.05) is 4.47 Å². The molecule has 0 saturated carbocycles. The van der Waals surface area contributed by atoms with Crippen LogP contribution in [0, 0.1) is 5.82 Å². The Bertz CT molecular complexity index is 407. The number of carbonyl (C=O) groups is 1. The van der Waals surface area contributed by atoms with E-state index in [2.05, 4.69) is 21.2 Å². The normalized spacial score (nSPS) is 19.8. The second kappa shape index (κ2) is 5.19. The van der Waals surface area contributed by atoms with Gasteiger partial charge in [0.1, 0.15) is 5.82 Å². The molecule has 16 heavy (non-hydrogen) atoms. The van der Waals surface area contributed by atoms with Gasteiger partial charge < -0.3 is 5.32 Å². The van der Waals surface area contributed by atoms with Crippen molar-refractivity contribution in [1.82, 2.24) is 0 Å². The van der Waals surface area contributed by atoms with Crippen molar-refractivity contribution in [2.75, 3.05) is 11.1 Å². The molecular weight excluding hydrogens is 293 g/mol. The maximum atomic E-state index is 13.4. The summed E-state index contributed by atoms with van der Waals surface area (Å²) in [5, 5.41) is 2.60. The molecule has 1 aliphatic rings. The van der Waals surface area contributed by atoms with Crippen LogP contribution >= 0.6 is 27.7 Å². The van der Waals surface area contributed by atoms with E-state index in [9.17, 15) is 9.18 Å². The van der Waals surface area contributed by atoms with E-state index in [0.717, 1.165) is 18.6 Å². The molecule has 1 unspecified atom stereocenters. The summed E-state index contributed by atoms with van der Waals surface area (Å²) in [5.41, 5.74) is 0.251. The van der Waals surface area contributed by atoms with Gasteiger partial charge in [-0.1, -0.05) is 15.9 Å². The summed E-state index contributed by atoms with van der Waals surface area (Å²) in [6.45, 7) is 0. The molecule has 1 aromatic carbocycles. The Morgan fingerprint density at radius 2 is 2.38 bits per heavy atom. The maximum Gasteiger partial charge on any atom is 0.237 e. The van der Waals surface area contributed by atoms with Gasteiger partial charge in [-0.15, -0.1) is 11.8 Å². The van der Waals surface area contributed by atoms with Crippen molar-refractivity contribution in [3.05, 3.63) is 28.5 Å². The molecule has 5 heteroatoms. The van der Waals surface area contributed by atoms with E-state index in [1.165, 1.54) is 6.07 Å². The average molecular weight is 304 g/mol. The number of benzene rings is 1. The van der Waals surface area contributed by atoms with Gasteiger partial charge in [-0.05, 0) is 36.8 Å². The molecule has 1 fully saturated rings. The molecule has 1 saturated heterocycles. The summed E-state index contributed by atoms with van der Waals surface area (Å²) in [6, 6.07) is 4.62. The fourth-order valence-corrected chi connectivity index (χ4v) is 3.08. The maximum absolute atomic E-state index is 13.4. The lowest BCUT2D eigenvalue weighted by atomic mass is 10.2. The van der Waals surface area contributed by atoms with Gasteiger partial charge in [-0.3, -0.25) is 4.79 Å². The molecular formula is C11H11BrFNOS. The highest BCUT2D eigenvalue weighted by atomic mass is 79.9. The minimum atomic E-state index is -0.411. The van der Waals surface area contributed by atoms with Gasteiger partial charge in [-0.2, -0.15) is 0 Å². The molecule has 1 N–H and O–H groups in total. The zero-order valence-corrected chi connectivity index (χ0v) is 10.9. The lowest BCUT2D eigenvalue weighted by Crippen LogP contribution is -2.23. The van der Waals surface area contributed by atoms with Crippen LogP contribution in [0.5, 0.6) is 0 Å². The molecule has 1 aliphatic heterocycles. The summed E-state index contributed by atoms with van der Waals surface area (Å²) in [7, 11) is 0. The number of nitrogens with one attached hydrogen (secondary N) is 1. The Labute approximate surface area is 106 Å². The third-order valence-electron chi connectivity index (χ3n) is 2.41. The van der Waals surface area contributed by atoms with E-state index >= 15 is 0 Å². The molecule has 1 atom stereocenters. The highest BCUT2D eigenvalue weighted by Gasteiger charge is 2.23. The molecule has 0 aliphatic carbocycles. The van der Waals surface area contributed by atoms with Gasteiger partial charge >= 0.3 is 0 Å². The summed E-state index contributed by atoms with van der Waals surface area (Å²) < 4.78 is 14.1. The van der Waals surface area contributed by atoms with Crippen LogP contribution in [0.2, 0.25) is 0 Å². The van der Waals surface area contributed by atoms with Crippen LogP contribution in [0.3, 0.4) is 0 Å². The molecule has 0 radical (unpaired) electrons. The lowest BCUT2D eigenvalue weighted by Gasteiger charge is -2.10. The number of thioether (sulfide) groups is 1. The zero-order chi connectivity index (χ0) is 11.5. The van der Waals surface area contributed by atoms with Gasteiger partial charge in [0.05, 0.1) is 10.9 Å². The average Bonchev–Trinajstić information content (AvgIpc) is 2.75. The molecule has 1 aromatic rings. The SMILES string of the molecule is O=C(Nc1ccc(Br)cc1F)C1CCCS1. The number of anilines is 1. The number of halogens is 2. The molecule has 86 valence electrons. The standard InChI is InChI=1S/C11H11BrFNOS/c12-7-3-4-9(8(13)6-7)14-11(15)10-2-1-5-16-10/h3-4,6,10H,1-2,5H2,(H,14,15). The van der Waals surface area contributed by atoms with Gasteiger partial charge in [0.15, 0.2) is 0 Å². The van der Waals surface area contributed by atoms with Crippen molar-refractivity contribution in [3.8, 4) is 0 Å². The van der Waals surface area contributed by atoms with E-state index in [0.29, 0.717) is 4.47 Å². The smallest absolute Gasteiger partial charge is 0.237 e. The van der Waals surface area contributed by atoms with Crippen LogP contribution in [0.25, 0.3) is 0 Å². The van der Waals surface area contributed by atoms with E-state index < -0.39 is 5.82 Å². The highest BCUT2D eigenvalue weighted by Crippen LogP contribution is 2.28. The first-order chi connectivity index (χ1) is 7.66. The predicted octanol–water partition coefficient (Wildman–Crippen LogP) is 3.42. The minimum Gasteiger partial charge on any atom is -0.323 e. The minimum absolute atomic E-state index is 0.0250. The third-order valence-corrected chi connectivity index (χ3v) is 4.28. The second-order valence-corrected chi connectivity index (χ2v) is 5.84. The topological polar surface area (TPSA) is 29.1 Å². The Kier molecular flexibility index (Phi) is 3.86. The first kappa shape index (κ1) is 11.9. The lowest BCUT2D eigenvalue weighted by molar-refractivity contribution is -0.115. The third kappa shape index (κ3) is 2.77. The van der Waals surface area contributed by atoms with E-state index in [1.54, 1.807) is 23.9 Å². The first-order valence-electron chi connectivity index (χ1n) is 5.04. The summed E-state index contributed by atoms with van der Waals surface area (Å²) in [6.07, 6.45) is 1.94. The quantitative estimate of drug-likeness (QED) is 0.907. The number of hydrogen-bond acceptors (Lipinski definition) is 2. The summed E-state index contributed by atoms with van der Waals surface area (Å²) in [5.74, 6) is 0.510. The molecule has 0 spiro atoms. The van der Waals surface area contributed by atoms with Crippen molar-refractivity contribution in [1.29, 1.82) is 0 Å². The number of rotatable bonds is 2. The van der Waals surface area contributed by atoms with Crippen molar-refractivity contribution in [2.45, 2.75) is 18.1 Å². The molecule has 0 aromatic heterocycles. The fraction of sp³-hybridized carbons (Fsp3) is 0.364. The van der Waals surface area contributed by atoms with Crippen LogP contribution in [-0.2, 0) is 4.79 Å². The van der Waals surface area contributed by atoms with Gasteiger partial charge in [-0.25, -0.2) is 4.39 Å². The highest BCUT2D eigenvalue weighted by molar-refractivity contribution is 9.10. The Morgan fingerprint density at radius 1 is 1.56 bits per heavy atom. The fourth-order valence-electron chi connectivity index (χ4n) is 1.59. The molecule has 1 amide bonds. The number of hydrogen-bond donors (Lipinski definition) is 1. The van der Waals surface area contributed by atoms with Crippen molar-refractivity contribution in [3.63, 3.8) is 0 Å². The summed E-state index contributed by atoms with van der Waals surface area (Å²) >= 11 is 4.81. The van der Waals surface area contributed by atoms with Crippen LogP contribution in [0.4, 0.5) is 10.1 Å².